The SMILES string of the molecule is N[C@H]1CCCN(C2CCSCC2)C1. The van der Waals surface area contributed by atoms with Crippen molar-refractivity contribution in [3.63, 3.8) is 0 Å². The number of thioether (sulfide) groups is 1. The molecule has 2 saturated heterocycles. The van der Waals surface area contributed by atoms with E-state index in [-0.39, 0.29) is 0 Å². The molecule has 1 atom stereocenters. The Labute approximate surface area is 85.2 Å². The minimum Gasteiger partial charge on any atom is -0.327 e. The molecule has 2 fully saturated rings. The van der Waals surface area contributed by atoms with Gasteiger partial charge in [0.25, 0.3) is 0 Å². The van der Waals surface area contributed by atoms with E-state index in [0.29, 0.717) is 6.04 Å². The third-order valence-corrected chi connectivity index (χ3v) is 4.25. The number of likely N-dealkylation sites (tertiary alicyclic amines) is 1. The van der Waals surface area contributed by atoms with Crippen LogP contribution in [0.5, 0.6) is 0 Å². The molecule has 0 aromatic rings. The first-order valence-electron chi connectivity index (χ1n) is 5.43. The zero-order valence-electron chi connectivity index (χ0n) is 8.24. The first-order chi connectivity index (χ1) is 6.36. The number of nitrogens with two attached hydrogens (primary N) is 1. The monoisotopic (exact) mass is 200 g/mol. The van der Waals surface area contributed by atoms with E-state index < -0.39 is 0 Å². The number of hydrogen-bond donors (Lipinski definition) is 1. The van der Waals surface area contributed by atoms with Gasteiger partial charge in [0.05, 0.1) is 0 Å². The summed E-state index contributed by atoms with van der Waals surface area (Å²) < 4.78 is 0. The van der Waals surface area contributed by atoms with Crippen LogP contribution in [0.4, 0.5) is 0 Å². The molecule has 0 amide bonds. The van der Waals surface area contributed by atoms with Crippen molar-refractivity contribution in [1.82, 2.24) is 4.90 Å². The lowest BCUT2D eigenvalue weighted by molar-refractivity contribution is 0.141. The minimum absolute atomic E-state index is 0.448. The molecule has 0 radical (unpaired) electrons. The normalized spacial score (nSPS) is 33.5. The smallest absolute Gasteiger partial charge is 0.0168 e. The predicted molar refractivity (Wildman–Crippen MR) is 59.1 cm³/mol. The first-order valence-corrected chi connectivity index (χ1v) is 6.59. The van der Waals surface area contributed by atoms with E-state index in [1.54, 1.807) is 0 Å². The maximum atomic E-state index is 5.98. The topological polar surface area (TPSA) is 29.3 Å². The fourth-order valence-corrected chi connectivity index (χ4v) is 3.50. The van der Waals surface area contributed by atoms with E-state index in [2.05, 4.69) is 16.7 Å². The average Bonchev–Trinajstić information content (AvgIpc) is 2.19. The number of piperidine rings is 1. The van der Waals surface area contributed by atoms with Crippen molar-refractivity contribution in [2.75, 3.05) is 24.6 Å². The van der Waals surface area contributed by atoms with Crippen molar-refractivity contribution in [3.8, 4) is 0 Å². The van der Waals surface area contributed by atoms with Gasteiger partial charge in [0, 0.05) is 18.6 Å². The lowest BCUT2D eigenvalue weighted by Crippen LogP contribution is -2.48. The second kappa shape index (κ2) is 4.67. The molecule has 0 spiro atoms. The van der Waals surface area contributed by atoms with Crippen LogP contribution in [0.2, 0.25) is 0 Å². The minimum atomic E-state index is 0.448. The van der Waals surface area contributed by atoms with Crippen molar-refractivity contribution in [3.05, 3.63) is 0 Å². The quantitative estimate of drug-likeness (QED) is 0.692. The summed E-state index contributed by atoms with van der Waals surface area (Å²) in [6, 6.07) is 1.30. The summed E-state index contributed by atoms with van der Waals surface area (Å²) in [4.78, 5) is 2.63. The molecule has 2 aliphatic heterocycles. The van der Waals surface area contributed by atoms with Gasteiger partial charge in [0.15, 0.2) is 0 Å². The Morgan fingerprint density at radius 1 is 1.15 bits per heavy atom. The largest absolute Gasteiger partial charge is 0.327 e. The Bertz CT molecular complexity index is 157. The van der Waals surface area contributed by atoms with Gasteiger partial charge in [0.2, 0.25) is 0 Å². The predicted octanol–water partition coefficient (Wildman–Crippen LogP) is 1.31. The Morgan fingerprint density at radius 2 is 1.92 bits per heavy atom. The van der Waals surface area contributed by atoms with E-state index >= 15 is 0 Å². The molecule has 2 heterocycles. The molecule has 0 saturated carbocycles. The van der Waals surface area contributed by atoms with Crippen LogP contribution in [0.25, 0.3) is 0 Å². The second-order valence-corrected chi connectivity index (χ2v) is 5.47. The molecule has 3 heteroatoms. The molecule has 0 unspecified atom stereocenters. The van der Waals surface area contributed by atoms with E-state index in [0.717, 1.165) is 12.6 Å². The zero-order valence-corrected chi connectivity index (χ0v) is 9.06. The van der Waals surface area contributed by atoms with E-state index in [4.69, 9.17) is 5.73 Å². The van der Waals surface area contributed by atoms with Crippen LogP contribution in [0.15, 0.2) is 0 Å². The van der Waals surface area contributed by atoms with Gasteiger partial charge in [-0.15, -0.1) is 0 Å². The molecular formula is C10H20N2S. The Morgan fingerprint density at radius 3 is 2.62 bits per heavy atom. The number of nitrogens with zero attached hydrogens (tertiary/aromatic N) is 1. The van der Waals surface area contributed by atoms with Crippen LogP contribution in [-0.4, -0.2) is 41.6 Å². The van der Waals surface area contributed by atoms with Crippen LogP contribution >= 0.6 is 11.8 Å². The average molecular weight is 200 g/mol. The summed E-state index contributed by atoms with van der Waals surface area (Å²) in [6.07, 6.45) is 5.32. The third kappa shape index (κ3) is 2.61. The molecule has 13 heavy (non-hydrogen) atoms. The molecular weight excluding hydrogens is 180 g/mol. The number of rotatable bonds is 1. The van der Waals surface area contributed by atoms with Crippen LogP contribution in [-0.2, 0) is 0 Å². The molecule has 0 aromatic carbocycles. The van der Waals surface area contributed by atoms with Gasteiger partial charge in [0.1, 0.15) is 0 Å². The second-order valence-electron chi connectivity index (χ2n) is 4.24. The molecule has 2 nitrogen and oxygen atoms in total. The van der Waals surface area contributed by atoms with Gasteiger partial charge >= 0.3 is 0 Å². The Balaban J connectivity index is 1.83. The van der Waals surface area contributed by atoms with Gasteiger partial charge in [-0.25, -0.2) is 0 Å². The maximum absolute atomic E-state index is 5.98. The molecule has 2 N–H and O–H groups in total. The summed E-state index contributed by atoms with van der Waals surface area (Å²) in [6.45, 7) is 2.44. The van der Waals surface area contributed by atoms with Crippen LogP contribution in [0.3, 0.4) is 0 Å². The van der Waals surface area contributed by atoms with Gasteiger partial charge < -0.3 is 5.73 Å². The van der Waals surface area contributed by atoms with Gasteiger partial charge in [-0.1, -0.05) is 0 Å². The summed E-state index contributed by atoms with van der Waals surface area (Å²) in [5.41, 5.74) is 5.98. The van der Waals surface area contributed by atoms with E-state index in [9.17, 15) is 0 Å². The Kier molecular flexibility index (Phi) is 3.52. The van der Waals surface area contributed by atoms with Crippen LogP contribution in [0, 0.1) is 0 Å². The highest BCUT2D eigenvalue weighted by Crippen LogP contribution is 2.23. The molecule has 0 aliphatic carbocycles. The van der Waals surface area contributed by atoms with Crippen LogP contribution in [0.1, 0.15) is 25.7 Å². The highest BCUT2D eigenvalue weighted by molar-refractivity contribution is 7.99. The van der Waals surface area contributed by atoms with Crippen LogP contribution < -0.4 is 5.73 Å². The van der Waals surface area contributed by atoms with Crippen molar-refractivity contribution in [2.45, 2.75) is 37.8 Å². The van der Waals surface area contributed by atoms with Gasteiger partial charge in [-0.2, -0.15) is 11.8 Å². The number of hydrogen-bond acceptors (Lipinski definition) is 3. The molecule has 76 valence electrons. The fraction of sp³-hybridized carbons (Fsp3) is 1.00. The summed E-state index contributed by atoms with van der Waals surface area (Å²) >= 11 is 2.11. The van der Waals surface area contributed by atoms with Crippen molar-refractivity contribution >= 4 is 11.8 Å². The first kappa shape index (κ1) is 9.81. The zero-order chi connectivity index (χ0) is 9.10. The molecule has 0 bridgehead atoms. The standard InChI is InChI=1S/C10H20N2S/c11-9-2-1-5-12(8-9)10-3-6-13-7-4-10/h9-10H,1-8,11H2/t9-/m0/s1. The summed E-state index contributed by atoms with van der Waals surface area (Å²) in [7, 11) is 0. The van der Waals surface area contributed by atoms with Crippen molar-refractivity contribution in [1.29, 1.82) is 0 Å². The van der Waals surface area contributed by atoms with Gasteiger partial charge in [-0.05, 0) is 43.7 Å². The summed E-state index contributed by atoms with van der Waals surface area (Å²) in [5, 5.41) is 0. The summed E-state index contributed by atoms with van der Waals surface area (Å²) in [5.74, 6) is 2.72. The lowest BCUT2D eigenvalue weighted by Gasteiger charge is -2.38. The van der Waals surface area contributed by atoms with Crippen molar-refractivity contribution < 1.29 is 0 Å². The third-order valence-electron chi connectivity index (χ3n) is 3.20. The lowest BCUT2D eigenvalue weighted by atomic mass is 10.0. The Hall–Kier alpha value is 0.270. The van der Waals surface area contributed by atoms with Gasteiger partial charge in [-0.3, -0.25) is 4.90 Å². The molecule has 2 rings (SSSR count). The molecule has 0 aromatic heterocycles. The fourth-order valence-electron chi connectivity index (χ4n) is 2.42. The highest BCUT2D eigenvalue weighted by atomic mass is 32.2. The maximum Gasteiger partial charge on any atom is 0.0168 e. The van der Waals surface area contributed by atoms with E-state index in [1.807, 2.05) is 0 Å². The molecule has 2 aliphatic rings. The van der Waals surface area contributed by atoms with Crippen molar-refractivity contribution in [2.24, 2.45) is 5.73 Å². The van der Waals surface area contributed by atoms with E-state index in [1.165, 1.54) is 43.7 Å². The highest BCUT2D eigenvalue weighted by Gasteiger charge is 2.25.